The highest BCUT2D eigenvalue weighted by molar-refractivity contribution is 7.95. The molecule has 1 fully saturated rings. The van der Waals surface area contributed by atoms with E-state index in [4.69, 9.17) is 4.74 Å². The third-order valence-corrected chi connectivity index (χ3v) is 3.38. The zero-order valence-electron chi connectivity index (χ0n) is 10.3. The van der Waals surface area contributed by atoms with Crippen LogP contribution in [-0.2, 0) is 14.3 Å². The molecule has 1 aromatic rings. The molecule has 0 radical (unpaired) electrons. The van der Waals surface area contributed by atoms with Crippen molar-refractivity contribution in [1.82, 2.24) is 9.03 Å². The number of carbonyl (C=O) groups is 2. The number of rotatable bonds is 3. The van der Waals surface area contributed by atoms with Crippen molar-refractivity contribution in [3.63, 3.8) is 0 Å². The third kappa shape index (κ3) is 4.55. The highest BCUT2D eigenvalue weighted by atomic mass is 32.2. The number of amides is 2. The van der Waals surface area contributed by atoms with Crippen LogP contribution in [0.15, 0.2) is 30.3 Å². The number of hydrogen-bond acceptors (Lipinski definition) is 5. The van der Waals surface area contributed by atoms with Gasteiger partial charge in [-0.05, 0) is 12.1 Å². The van der Waals surface area contributed by atoms with E-state index in [1.807, 2.05) is 10.4 Å². The fraction of sp³-hybridized carbons (Fsp3) is 0.333. The fourth-order valence-electron chi connectivity index (χ4n) is 1.50. The first-order chi connectivity index (χ1) is 9.25. The van der Waals surface area contributed by atoms with Crippen molar-refractivity contribution < 1.29 is 14.3 Å². The zero-order valence-corrected chi connectivity index (χ0v) is 11.1. The van der Waals surface area contributed by atoms with Crippen molar-refractivity contribution >= 4 is 29.6 Å². The van der Waals surface area contributed by atoms with Gasteiger partial charge in [-0.15, -0.1) is 0 Å². The van der Waals surface area contributed by atoms with E-state index in [1.54, 1.807) is 24.3 Å². The summed E-state index contributed by atoms with van der Waals surface area (Å²) in [7, 11) is 0. The molecule has 1 saturated heterocycles. The Balaban J connectivity index is 1.74. The summed E-state index contributed by atoms with van der Waals surface area (Å²) in [6.45, 7) is 2.73. The smallest absolute Gasteiger partial charge is 0.320 e. The molecule has 0 saturated carbocycles. The molecule has 0 aromatic heterocycles. The van der Waals surface area contributed by atoms with E-state index >= 15 is 0 Å². The van der Waals surface area contributed by atoms with Crippen molar-refractivity contribution in [2.45, 2.75) is 0 Å². The summed E-state index contributed by atoms with van der Waals surface area (Å²) in [6.07, 6.45) is 0. The largest absolute Gasteiger partial charge is 0.379 e. The Morgan fingerprint density at radius 2 is 1.79 bits per heavy atom. The summed E-state index contributed by atoms with van der Waals surface area (Å²) >= 11 is 1.14. The SMILES string of the molecule is O=C(NSN1CCOCC1)C(=O)Nc1ccccc1. The Labute approximate surface area is 115 Å². The first-order valence-electron chi connectivity index (χ1n) is 5.92. The number of anilines is 1. The molecule has 102 valence electrons. The first kappa shape index (κ1) is 13.9. The number of nitrogens with zero attached hydrogens (tertiary/aromatic N) is 1. The number of hydrogen-bond donors (Lipinski definition) is 2. The summed E-state index contributed by atoms with van der Waals surface area (Å²) in [6, 6.07) is 8.86. The molecule has 0 atom stereocenters. The van der Waals surface area contributed by atoms with Crippen LogP contribution in [0.1, 0.15) is 0 Å². The molecule has 1 aliphatic heterocycles. The van der Waals surface area contributed by atoms with Gasteiger partial charge in [0.15, 0.2) is 0 Å². The lowest BCUT2D eigenvalue weighted by molar-refractivity contribution is -0.134. The van der Waals surface area contributed by atoms with Crippen LogP contribution >= 0.6 is 12.1 Å². The predicted octanol–water partition coefficient (Wildman–Crippen LogP) is 0.637. The second-order valence-electron chi connectivity index (χ2n) is 3.88. The Hall–Kier alpha value is -1.57. The maximum absolute atomic E-state index is 11.6. The lowest BCUT2D eigenvalue weighted by atomic mass is 10.3. The minimum absolute atomic E-state index is 0.596. The molecule has 0 spiro atoms. The van der Waals surface area contributed by atoms with Gasteiger partial charge in [-0.1, -0.05) is 18.2 Å². The van der Waals surface area contributed by atoms with E-state index in [-0.39, 0.29) is 0 Å². The quantitative estimate of drug-likeness (QED) is 0.628. The van der Waals surface area contributed by atoms with Crippen LogP contribution in [0.25, 0.3) is 0 Å². The van der Waals surface area contributed by atoms with Crippen molar-refractivity contribution in [3.8, 4) is 0 Å². The Kier molecular flexibility index (Phi) is 5.20. The number of nitrogens with one attached hydrogen (secondary N) is 2. The minimum Gasteiger partial charge on any atom is -0.379 e. The van der Waals surface area contributed by atoms with Gasteiger partial charge in [-0.25, -0.2) is 4.31 Å². The van der Waals surface area contributed by atoms with Gasteiger partial charge >= 0.3 is 11.8 Å². The van der Waals surface area contributed by atoms with Gasteiger partial charge in [0.1, 0.15) is 0 Å². The monoisotopic (exact) mass is 281 g/mol. The van der Waals surface area contributed by atoms with Crippen molar-refractivity contribution in [3.05, 3.63) is 30.3 Å². The number of morpholine rings is 1. The molecule has 7 heteroatoms. The normalized spacial score (nSPS) is 15.8. The van der Waals surface area contributed by atoms with E-state index in [9.17, 15) is 9.59 Å². The molecule has 0 aliphatic carbocycles. The van der Waals surface area contributed by atoms with Crippen LogP contribution in [-0.4, -0.2) is 42.4 Å². The average molecular weight is 281 g/mol. The van der Waals surface area contributed by atoms with Crippen LogP contribution in [0.2, 0.25) is 0 Å². The molecule has 1 aromatic carbocycles. The van der Waals surface area contributed by atoms with Gasteiger partial charge in [0, 0.05) is 30.9 Å². The average Bonchev–Trinajstić information content (AvgIpc) is 2.47. The van der Waals surface area contributed by atoms with Crippen LogP contribution in [0.5, 0.6) is 0 Å². The van der Waals surface area contributed by atoms with Crippen molar-refractivity contribution in [2.24, 2.45) is 0 Å². The lowest BCUT2D eigenvalue weighted by Crippen LogP contribution is -2.38. The second-order valence-corrected chi connectivity index (χ2v) is 4.79. The summed E-state index contributed by atoms with van der Waals surface area (Å²) in [4.78, 5) is 23.2. The van der Waals surface area contributed by atoms with Gasteiger partial charge < -0.3 is 10.1 Å². The summed E-state index contributed by atoms with van der Waals surface area (Å²) in [5, 5.41) is 2.52. The number of para-hydroxylation sites is 1. The minimum atomic E-state index is -0.674. The maximum Gasteiger partial charge on any atom is 0.320 e. The fourth-order valence-corrected chi connectivity index (χ4v) is 2.14. The predicted molar refractivity (Wildman–Crippen MR) is 73.2 cm³/mol. The maximum atomic E-state index is 11.6. The molecule has 1 heterocycles. The molecule has 6 nitrogen and oxygen atoms in total. The molecule has 2 N–H and O–H groups in total. The molecule has 0 bridgehead atoms. The highest BCUT2D eigenvalue weighted by Gasteiger charge is 2.17. The summed E-state index contributed by atoms with van der Waals surface area (Å²) in [5.74, 6) is -1.34. The van der Waals surface area contributed by atoms with Crippen LogP contribution in [0.4, 0.5) is 5.69 Å². The van der Waals surface area contributed by atoms with E-state index in [0.29, 0.717) is 18.9 Å². The van der Waals surface area contributed by atoms with E-state index < -0.39 is 11.8 Å². The van der Waals surface area contributed by atoms with Gasteiger partial charge in [0.2, 0.25) is 0 Å². The van der Waals surface area contributed by atoms with Crippen LogP contribution in [0, 0.1) is 0 Å². The summed E-state index contributed by atoms with van der Waals surface area (Å²) in [5.41, 5.74) is 0.596. The molecule has 0 unspecified atom stereocenters. The van der Waals surface area contributed by atoms with E-state index in [1.165, 1.54) is 0 Å². The van der Waals surface area contributed by atoms with Crippen LogP contribution < -0.4 is 10.0 Å². The molecular weight excluding hydrogens is 266 g/mol. The molecule has 1 aliphatic rings. The second kappa shape index (κ2) is 7.13. The number of benzene rings is 1. The van der Waals surface area contributed by atoms with Gasteiger partial charge in [-0.3, -0.25) is 14.3 Å². The zero-order chi connectivity index (χ0) is 13.5. The first-order valence-corrected chi connectivity index (χ1v) is 6.69. The Bertz CT molecular complexity index is 435. The standard InChI is InChI=1S/C12H15N3O3S/c16-11(13-10-4-2-1-3-5-10)12(17)14-19-15-6-8-18-9-7-15/h1-5H,6-9H2,(H,13,16)(H,14,17). The topological polar surface area (TPSA) is 70.7 Å². The Morgan fingerprint density at radius 1 is 1.11 bits per heavy atom. The Morgan fingerprint density at radius 3 is 2.47 bits per heavy atom. The number of carbonyl (C=O) groups excluding carboxylic acids is 2. The molecule has 19 heavy (non-hydrogen) atoms. The molecule has 2 rings (SSSR count). The van der Waals surface area contributed by atoms with Gasteiger partial charge in [0.25, 0.3) is 0 Å². The van der Waals surface area contributed by atoms with Gasteiger partial charge in [0.05, 0.1) is 13.2 Å². The van der Waals surface area contributed by atoms with Crippen LogP contribution in [0.3, 0.4) is 0 Å². The molecular formula is C12H15N3O3S. The summed E-state index contributed by atoms with van der Waals surface area (Å²) < 4.78 is 9.64. The van der Waals surface area contributed by atoms with E-state index in [0.717, 1.165) is 25.2 Å². The lowest BCUT2D eigenvalue weighted by Gasteiger charge is -2.24. The molecule has 2 amide bonds. The highest BCUT2D eigenvalue weighted by Crippen LogP contribution is 2.08. The van der Waals surface area contributed by atoms with E-state index in [2.05, 4.69) is 10.0 Å². The third-order valence-electron chi connectivity index (χ3n) is 2.48. The van der Waals surface area contributed by atoms with Crippen molar-refractivity contribution in [1.29, 1.82) is 0 Å². The van der Waals surface area contributed by atoms with Gasteiger partial charge in [-0.2, -0.15) is 0 Å². The van der Waals surface area contributed by atoms with Crippen molar-refractivity contribution in [2.75, 3.05) is 31.6 Å². The number of ether oxygens (including phenoxy) is 1.